The first-order chi connectivity index (χ1) is 11.4. The number of rotatable bonds is 4. The Kier molecular flexibility index (Phi) is 5.53. The van der Waals surface area contributed by atoms with E-state index in [0.29, 0.717) is 5.56 Å². The third-order valence-corrected chi connectivity index (χ3v) is 4.26. The van der Waals surface area contributed by atoms with E-state index in [9.17, 15) is 14.4 Å². The van der Waals surface area contributed by atoms with Crippen LogP contribution in [0.25, 0.3) is 0 Å². The number of thioether (sulfide) groups is 1. The molecule has 10 heteroatoms. The molecule has 24 heavy (non-hydrogen) atoms. The Bertz CT molecular complexity index is 808. The van der Waals surface area contributed by atoms with Crippen molar-refractivity contribution < 1.29 is 9.59 Å². The van der Waals surface area contributed by atoms with Crippen LogP contribution in [0.1, 0.15) is 16.5 Å². The van der Waals surface area contributed by atoms with Crippen molar-refractivity contribution in [2.45, 2.75) is 17.3 Å². The number of carbonyl (C=O) groups excluding carboxylic acids is 2. The molecule has 2 aromatic rings. The predicted molar refractivity (Wildman–Crippen MR) is 88.8 cm³/mol. The van der Waals surface area contributed by atoms with E-state index < -0.39 is 22.7 Å². The van der Waals surface area contributed by atoms with Gasteiger partial charge in [-0.3, -0.25) is 14.9 Å². The molecule has 0 radical (unpaired) electrons. The lowest BCUT2D eigenvalue weighted by molar-refractivity contribution is -0.119. The lowest BCUT2D eigenvalue weighted by Gasteiger charge is -2.16. The minimum Gasteiger partial charge on any atom is -0.341 e. The van der Waals surface area contributed by atoms with Gasteiger partial charge in [0, 0.05) is 7.05 Å². The van der Waals surface area contributed by atoms with E-state index in [1.54, 1.807) is 30.3 Å². The van der Waals surface area contributed by atoms with E-state index in [4.69, 9.17) is 5.84 Å². The molecule has 0 saturated carbocycles. The van der Waals surface area contributed by atoms with Gasteiger partial charge in [-0.25, -0.2) is 4.79 Å². The van der Waals surface area contributed by atoms with Gasteiger partial charge in [0.05, 0.1) is 0 Å². The standard InChI is InChI=1S/C14H16N6O3S/c1-8-12(22)20(15)14(19-18-8)24-10(9-6-4-3-5-7-9)11(21)17-13(23)16-2/h3-7,10H,15H2,1-2H3,(H2,16,17,21,23)/t10-/m1/s1. The first-order valence-corrected chi connectivity index (χ1v) is 7.77. The van der Waals surface area contributed by atoms with Crippen molar-refractivity contribution in [3.8, 4) is 0 Å². The highest BCUT2D eigenvalue weighted by atomic mass is 32.2. The van der Waals surface area contributed by atoms with Crippen LogP contribution in [0, 0.1) is 6.92 Å². The van der Waals surface area contributed by atoms with Crippen LogP contribution in [0.3, 0.4) is 0 Å². The molecule has 1 aromatic carbocycles. The molecule has 1 atom stereocenters. The summed E-state index contributed by atoms with van der Waals surface area (Å²) >= 11 is 0.924. The van der Waals surface area contributed by atoms with Crippen molar-refractivity contribution in [2.75, 3.05) is 12.9 Å². The molecular formula is C14H16N6O3S. The molecule has 9 nitrogen and oxygen atoms in total. The number of amides is 3. The molecule has 2 rings (SSSR count). The number of nitrogens with zero attached hydrogens (tertiary/aromatic N) is 3. The van der Waals surface area contributed by atoms with E-state index in [1.807, 2.05) is 0 Å². The number of aromatic nitrogens is 3. The first kappa shape index (κ1) is 17.5. The summed E-state index contributed by atoms with van der Waals surface area (Å²) in [5.74, 6) is 5.14. The second-order valence-electron chi connectivity index (χ2n) is 4.72. The second kappa shape index (κ2) is 7.59. The van der Waals surface area contributed by atoms with Gasteiger partial charge < -0.3 is 11.2 Å². The van der Waals surface area contributed by atoms with Gasteiger partial charge in [-0.1, -0.05) is 42.1 Å². The summed E-state index contributed by atoms with van der Waals surface area (Å²) in [6.07, 6.45) is 0. The molecule has 0 fully saturated rings. The summed E-state index contributed by atoms with van der Waals surface area (Å²) in [6.45, 7) is 1.49. The SMILES string of the molecule is CNC(=O)NC(=O)[C@H](Sc1nnc(C)c(=O)n1N)c1ccccc1. The summed E-state index contributed by atoms with van der Waals surface area (Å²) in [5.41, 5.74) is 0.262. The van der Waals surface area contributed by atoms with Gasteiger partial charge >= 0.3 is 6.03 Å². The summed E-state index contributed by atoms with van der Waals surface area (Å²) < 4.78 is 0.829. The van der Waals surface area contributed by atoms with Crippen molar-refractivity contribution in [1.29, 1.82) is 0 Å². The average molecular weight is 348 g/mol. The molecule has 3 amide bonds. The number of urea groups is 1. The zero-order valence-corrected chi connectivity index (χ0v) is 13.8. The number of aryl methyl sites for hydroxylation is 1. The zero-order chi connectivity index (χ0) is 17.7. The predicted octanol–water partition coefficient (Wildman–Crippen LogP) is -0.0505. The quantitative estimate of drug-likeness (QED) is 0.521. The fraction of sp³-hybridized carbons (Fsp3) is 0.214. The molecule has 0 aliphatic heterocycles. The largest absolute Gasteiger partial charge is 0.341 e. The number of hydrogen-bond acceptors (Lipinski definition) is 7. The Morgan fingerprint density at radius 2 is 1.92 bits per heavy atom. The maximum atomic E-state index is 12.4. The summed E-state index contributed by atoms with van der Waals surface area (Å²) in [5, 5.41) is 11.3. The zero-order valence-electron chi connectivity index (χ0n) is 13.0. The highest BCUT2D eigenvalue weighted by molar-refractivity contribution is 8.00. The first-order valence-electron chi connectivity index (χ1n) is 6.89. The minimum absolute atomic E-state index is 0.0616. The molecule has 4 N–H and O–H groups in total. The number of carbonyl (C=O) groups is 2. The Morgan fingerprint density at radius 3 is 2.54 bits per heavy atom. The van der Waals surface area contributed by atoms with Crippen LogP contribution in [-0.4, -0.2) is 33.9 Å². The Balaban J connectivity index is 2.37. The molecule has 0 bridgehead atoms. The molecule has 0 saturated heterocycles. The Morgan fingerprint density at radius 1 is 1.25 bits per heavy atom. The maximum Gasteiger partial charge on any atom is 0.321 e. The molecule has 1 heterocycles. The number of imide groups is 1. The molecule has 0 unspecified atom stereocenters. The monoisotopic (exact) mass is 348 g/mol. The van der Waals surface area contributed by atoms with E-state index in [0.717, 1.165) is 16.4 Å². The van der Waals surface area contributed by atoms with Gasteiger partial charge in [0.15, 0.2) is 0 Å². The fourth-order valence-corrected chi connectivity index (χ4v) is 2.75. The minimum atomic E-state index is -0.838. The molecule has 0 spiro atoms. The van der Waals surface area contributed by atoms with Crippen molar-refractivity contribution in [1.82, 2.24) is 25.5 Å². The van der Waals surface area contributed by atoms with Crippen LogP contribution in [0.4, 0.5) is 4.79 Å². The van der Waals surface area contributed by atoms with Gasteiger partial charge in [0.1, 0.15) is 10.9 Å². The van der Waals surface area contributed by atoms with E-state index in [-0.39, 0.29) is 10.9 Å². The molecule has 1 aromatic heterocycles. The smallest absolute Gasteiger partial charge is 0.321 e. The second-order valence-corrected chi connectivity index (χ2v) is 5.79. The average Bonchev–Trinajstić information content (AvgIpc) is 2.59. The molecular weight excluding hydrogens is 332 g/mol. The molecule has 0 aliphatic carbocycles. The van der Waals surface area contributed by atoms with Gasteiger partial charge in [0.2, 0.25) is 11.1 Å². The lowest BCUT2D eigenvalue weighted by atomic mass is 10.1. The van der Waals surface area contributed by atoms with Crippen LogP contribution in [0.2, 0.25) is 0 Å². The highest BCUT2D eigenvalue weighted by Crippen LogP contribution is 2.33. The van der Waals surface area contributed by atoms with Crippen molar-refractivity contribution in [2.24, 2.45) is 0 Å². The van der Waals surface area contributed by atoms with Gasteiger partial charge in [-0.2, -0.15) is 4.68 Å². The van der Waals surface area contributed by atoms with Gasteiger partial charge in [0.25, 0.3) is 5.56 Å². The number of nitrogens with two attached hydrogens (primary N) is 1. The van der Waals surface area contributed by atoms with Crippen molar-refractivity contribution >= 4 is 23.7 Å². The fourth-order valence-electron chi connectivity index (χ4n) is 1.80. The third-order valence-electron chi connectivity index (χ3n) is 3.05. The van der Waals surface area contributed by atoms with Gasteiger partial charge in [-0.15, -0.1) is 10.2 Å². The molecule has 126 valence electrons. The number of nitrogen functional groups attached to an aromatic ring is 1. The van der Waals surface area contributed by atoms with Crippen LogP contribution in [0.15, 0.2) is 40.3 Å². The lowest BCUT2D eigenvalue weighted by Crippen LogP contribution is -2.40. The Labute approximate surface area is 141 Å². The summed E-state index contributed by atoms with van der Waals surface area (Å²) in [6, 6.07) is 8.12. The van der Waals surface area contributed by atoms with Crippen LogP contribution in [0.5, 0.6) is 0 Å². The van der Waals surface area contributed by atoms with Crippen molar-refractivity contribution in [3.63, 3.8) is 0 Å². The summed E-state index contributed by atoms with van der Waals surface area (Å²) in [4.78, 5) is 35.7. The number of hydrogen-bond donors (Lipinski definition) is 3. The third kappa shape index (κ3) is 3.90. The van der Waals surface area contributed by atoms with Crippen LogP contribution >= 0.6 is 11.8 Å². The number of benzene rings is 1. The number of nitrogens with one attached hydrogen (secondary N) is 2. The Hall–Kier alpha value is -2.88. The molecule has 0 aliphatic rings. The van der Waals surface area contributed by atoms with Crippen molar-refractivity contribution in [3.05, 3.63) is 51.9 Å². The van der Waals surface area contributed by atoms with E-state index in [1.165, 1.54) is 14.0 Å². The van der Waals surface area contributed by atoms with Crippen LogP contribution in [-0.2, 0) is 4.79 Å². The van der Waals surface area contributed by atoms with E-state index >= 15 is 0 Å². The topological polar surface area (TPSA) is 132 Å². The summed E-state index contributed by atoms with van der Waals surface area (Å²) in [7, 11) is 1.40. The van der Waals surface area contributed by atoms with Crippen LogP contribution < -0.4 is 22.0 Å². The normalized spacial score (nSPS) is 11.6. The van der Waals surface area contributed by atoms with E-state index in [2.05, 4.69) is 20.8 Å². The maximum absolute atomic E-state index is 12.4. The van der Waals surface area contributed by atoms with Gasteiger partial charge in [-0.05, 0) is 12.5 Å². The highest BCUT2D eigenvalue weighted by Gasteiger charge is 2.26.